The normalized spacial score (nSPS) is 15.9. The van der Waals surface area contributed by atoms with Crippen LogP contribution >= 0.6 is 11.6 Å². The second-order valence-corrected chi connectivity index (χ2v) is 8.20. The quantitative estimate of drug-likeness (QED) is 0.618. The second-order valence-electron chi connectivity index (χ2n) is 7.76. The molecule has 2 amide bonds. The predicted octanol–water partition coefficient (Wildman–Crippen LogP) is 3.70. The molecule has 1 unspecified atom stereocenters. The number of carbonyl (C=O) groups excluding carboxylic acids is 2. The largest absolute Gasteiger partial charge is 0.497 e. The number of halogens is 1. The molecule has 0 saturated carbocycles. The molecule has 32 heavy (non-hydrogen) atoms. The molecular weight excluding hydrogens is 428 g/mol. The third kappa shape index (κ3) is 5.11. The summed E-state index contributed by atoms with van der Waals surface area (Å²) in [6.07, 6.45) is 3.41. The predicted molar refractivity (Wildman–Crippen MR) is 122 cm³/mol. The first-order chi connectivity index (χ1) is 15.5. The molecular formula is C24H25ClN4O3. The van der Waals surface area contributed by atoms with E-state index in [0.29, 0.717) is 30.2 Å². The van der Waals surface area contributed by atoms with Crippen LogP contribution in [0.15, 0.2) is 60.8 Å². The van der Waals surface area contributed by atoms with E-state index in [1.54, 1.807) is 41.0 Å². The zero-order valence-electron chi connectivity index (χ0n) is 17.8. The minimum Gasteiger partial charge on any atom is -0.497 e. The number of methoxy groups -OCH3 is 1. The van der Waals surface area contributed by atoms with E-state index in [1.807, 2.05) is 36.5 Å². The lowest BCUT2D eigenvalue weighted by Crippen LogP contribution is -2.45. The fourth-order valence-electron chi connectivity index (χ4n) is 3.81. The second kappa shape index (κ2) is 9.87. The zero-order valence-corrected chi connectivity index (χ0v) is 18.6. The van der Waals surface area contributed by atoms with Gasteiger partial charge in [0.05, 0.1) is 31.0 Å². The molecule has 1 aliphatic heterocycles. The van der Waals surface area contributed by atoms with Crippen molar-refractivity contribution in [2.45, 2.75) is 19.4 Å². The van der Waals surface area contributed by atoms with Gasteiger partial charge < -0.3 is 15.0 Å². The zero-order chi connectivity index (χ0) is 22.5. The molecule has 0 spiro atoms. The summed E-state index contributed by atoms with van der Waals surface area (Å²) < 4.78 is 6.94. The van der Waals surface area contributed by atoms with Gasteiger partial charge in [0.1, 0.15) is 5.75 Å². The highest BCUT2D eigenvalue weighted by Gasteiger charge is 2.28. The van der Waals surface area contributed by atoms with Gasteiger partial charge in [-0.2, -0.15) is 5.10 Å². The Morgan fingerprint density at radius 3 is 2.59 bits per heavy atom. The molecule has 2 aromatic carbocycles. The molecule has 1 aromatic heterocycles. The van der Waals surface area contributed by atoms with Crippen molar-refractivity contribution >= 4 is 23.4 Å². The summed E-state index contributed by atoms with van der Waals surface area (Å²) >= 11 is 5.91. The molecule has 0 aliphatic carbocycles. The molecule has 166 valence electrons. The molecule has 1 N–H and O–H groups in total. The summed E-state index contributed by atoms with van der Waals surface area (Å²) in [5.74, 6) is 0.420. The Balaban J connectivity index is 1.32. The maximum atomic E-state index is 12.8. The van der Waals surface area contributed by atoms with E-state index in [0.717, 1.165) is 30.0 Å². The Morgan fingerprint density at radius 2 is 1.88 bits per heavy atom. The lowest BCUT2D eigenvalue weighted by atomic mass is 9.96. The number of amides is 2. The van der Waals surface area contributed by atoms with Crippen LogP contribution in [0.2, 0.25) is 5.02 Å². The van der Waals surface area contributed by atoms with Gasteiger partial charge in [-0.3, -0.25) is 9.59 Å². The molecule has 4 rings (SSSR count). The van der Waals surface area contributed by atoms with Gasteiger partial charge in [0.25, 0.3) is 5.91 Å². The van der Waals surface area contributed by atoms with Crippen LogP contribution < -0.4 is 10.1 Å². The number of piperidine rings is 1. The fraction of sp³-hybridized carbons (Fsp3) is 0.292. The molecule has 7 nitrogen and oxygen atoms in total. The van der Waals surface area contributed by atoms with Crippen LogP contribution in [0, 0.1) is 5.92 Å². The van der Waals surface area contributed by atoms with Crippen LogP contribution in [0.1, 0.15) is 28.9 Å². The number of carbonyl (C=O) groups is 2. The SMILES string of the molecule is COc1ccc(-n2ccc(CNC(=O)C3CCCN(C(=O)c4ccc(Cl)cc4)C3)n2)cc1. The number of rotatable bonds is 6. The van der Waals surface area contributed by atoms with Gasteiger partial charge in [0.15, 0.2) is 0 Å². The Morgan fingerprint density at radius 1 is 1.12 bits per heavy atom. The molecule has 1 saturated heterocycles. The average Bonchev–Trinajstić information content (AvgIpc) is 3.32. The maximum Gasteiger partial charge on any atom is 0.253 e. The van der Waals surface area contributed by atoms with Crippen molar-refractivity contribution in [3.63, 3.8) is 0 Å². The molecule has 0 radical (unpaired) electrons. The Hall–Kier alpha value is -3.32. The van der Waals surface area contributed by atoms with Crippen LogP contribution in [0.3, 0.4) is 0 Å². The van der Waals surface area contributed by atoms with Gasteiger partial charge >= 0.3 is 0 Å². The number of ether oxygens (including phenoxy) is 1. The van der Waals surface area contributed by atoms with Gasteiger partial charge in [0.2, 0.25) is 5.91 Å². The van der Waals surface area contributed by atoms with Gasteiger partial charge in [-0.25, -0.2) is 4.68 Å². The summed E-state index contributed by atoms with van der Waals surface area (Å²) in [6, 6.07) is 16.3. The summed E-state index contributed by atoms with van der Waals surface area (Å²) in [7, 11) is 1.63. The Kier molecular flexibility index (Phi) is 6.75. The van der Waals surface area contributed by atoms with E-state index in [4.69, 9.17) is 16.3 Å². The third-order valence-corrected chi connectivity index (χ3v) is 5.85. The Labute approximate surface area is 191 Å². The maximum absolute atomic E-state index is 12.8. The smallest absolute Gasteiger partial charge is 0.253 e. The first-order valence-corrected chi connectivity index (χ1v) is 10.9. The molecule has 8 heteroatoms. The van der Waals surface area contributed by atoms with Crippen molar-refractivity contribution in [1.82, 2.24) is 20.0 Å². The summed E-state index contributed by atoms with van der Waals surface area (Å²) in [4.78, 5) is 27.3. The highest BCUT2D eigenvalue weighted by molar-refractivity contribution is 6.30. The molecule has 2 heterocycles. The van der Waals surface area contributed by atoms with Crippen molar-refractivity contribution in [2.75, 3.05) is 20.2 Å². The van der Waals surface area contributed by atoms with E-state index < -0.39 is 0 Å². The van der Waals surface area contributed by atoms with Crippen LogP contribution in [0.25, 0.3) is 5.69 Å². The van der Waals surface area contributed by atoms with Crippen LogP contribution in [0.4, 0.5) is 0 Å². The number of hydrogen-bond donors (Lipinski definition) is 1. The molecule has 0 bridgehead atoms. The highest BCUT2D eigenvalue weighted by Crippen LogP contribution is 2.20. The number of aromatic nitrogens is 2. The van der Waals surface area contributed by atoms with E-state index in [-0.39, 0.29) is 17.7 Å². The van der Waals surface area contributed by atoms with Crippen molar-refractivity contribution in [3.8, 4) is 11.4 Å². The molecule has 1 aliphatic rings. The monoisotopic (exact) mass is 452 g/mol. The molecule has 1 fully saturated rings. The van der Waals surface area contributed by atoms with Crippen molar-refractivity contribution in [1.29, 1.82) is 0 Å². The lowest BCUT2D eigenvalue weighted by molar-refractivity contribution is -0.126. The lowest BCUT2D eigenvalue weighted by Gasteiger charge is -2.32. The standard InChI is InChI=1S/C24H25ClN4O3/c1-32-22-10-8-21(9-11-22)29-14-12-20(27-29)15-26-23(30)18-3-2-13-28(16-18)24(31)17-4-6-19(25)7-5-17/h4-12,14,18H,2-3,13,15-16H2,1H3,(H,26,30). The van der Waals surface area contributed by atoms with Gasteiger partial charge in [-0.15, -0.1) is 0 Å². The van der Waals surface area contributed by atoms with Crippen LogP contribution in [-0.4, -0.2) is 46.7 Å². The summed E-state index contributed by atoms with van der Waals surface area (Å²) in [5.41, 5.74) is 2.26. The summed E-state index contributed by atoms with van der Waals surface area (Å²) in [5, 5.41) is 8.09. The number of nitrogens with zero attached hydrogens (tertiary/aromatic N) is 3. The van der Waals surface area contributed by atoms with E-state index in [9.17, 15) is 9.59 Å². The van der Waals surface area contributed by atoms with Crippen LogP contribution in [-0.2, 0) is 11.3 Å². The number of benzene rings is 2. The van der Waals surface area contributed by atoms with Crippen molar-refractivity contribution in [3.05, 3.63) is 77.1 Å². The molecule has 3 aromatic rings. The Bertz CT molecular complexity index is 1080. The van der Waals surface area contributed by atoms with E-state index >= 15 is 0 Å². The van der Waals surface area contributed by atoms with E-state index in [2.05, 4.69) is 10.4 Å². The minimum absolute atomic E-state index is 0.0578. The highest BCUT2D eigenvalue weighted by atomic mass is 35.5. The average molecular weight is 453 g/mol. The van der Waals surface area contributed by atoms with Crippen molar-refractivity contribution < 1.29 is 14.3 Å². The number of likely N-dealkylation sites (tertiary alicyclic amines) is 1. The topological polar surface area (TPSA) is 76.5 Å². The first kappa shape index (κ1) is 21.9. The van der Waals surface area contributed by atoms with E-state index in [1.165, 1.54) is 0 Å². The van der Waals surface area contributed by atoms with Gasteiger partial charge in [-0.05, 0) is 67.4 Å². The number of hydrogen-bond acceptors (Lipinski definition) is 4. The van der Waals surface area contributed by atoms with Gasteiger partial charge in [0, 0.05) is 29.9 Å². The van der Waals surface area contributed by atoms with Gasteiger partial charge in [-0.1, -0.05) is 11.6 Å². The molecule has 1 atom stereocenters. The van der Waals surface area contributed by atoms with Crippen LogP contribution in [0.5, 0.6) is 5.75 Å². The number of nitrogens with one attached hydrogen (secondary N) is 1. The first-order valence-electron chi connectivity index (χ1n) is 10.5. The fourth-order valence-corrected chi connectivity index (χ4v) is 3.93. The van der Waals surface area contributed by atoms with Crippen molar-refractivity contribution in [2.24, 2.45) is 5.92 Å². The summed E-state index contributed by atoms with van der Waals surface area (Å²) in [6.45, 7) is 1.40. The third-order valence-electron chi connectivity index (χ3n) is 5.60. The minimum atomic E-state index is -0.233.